The van der Waals surface area contributed by atoms with Gasteiger partial charge < -0.3 is 24.7 Å². The lowest BCUT2D eigenvalue weighted by atomic mass is 9.82. The van der Waals surface area contributed by atoms with Gasteiger partial charge in [-0.1, -0.05) is 0 Å². The zero-order valence-electron chi connectivity index (χ0n) is 19.4. The van der Waals surface area contributed by atoms with Crippen molar-refractivity contribution in [1.82, 2.24) is 9.88 Å². The normalized spacial score (nSPS) is 21.2. The van der Waals surface area contributed by atoms with Crippen LogP contribution in [0.15, 0.2) is 47.5 Å². The second-order valence-corrected chi connectivity index (χ2v) is 8.23. The summed E-state index contributed by atoms with van der Waals surface area (Å²) in [7, 11) is 0. The molecule has 38 heavy (non-hydrogen) atoms. The molecule has 2 aromatic heterocycles. The molecule has 4 heterocycles. The number of nitrogens with zero attached hydrogens (tertiary/aromatic N) is 2. The number of aromatic nitrogens is 1. The number of carboxylic acid groups (broad SMARTS) is 2. The van der Waals surface area contributed by atoms with Crippen molar-refractivity contribution >= 4 is 23.5 Å². The summed E-state index contributed by atoms with van der Waals surface area (Å²) < 4.78 is 74.3. The minimum atomic E-state index is -5.08. The topological polar surface area (TPSA) is 142 Å². The van der Waals surface area contributed by atoms with E-state index < -0.39 is 24.3 Å². The molecule has 210 valence electrons. The highest BCUT2D eigenvalue weighted by molar-refractivity contribution is 5.92. The number of carbonyl (C=O) groups excluding carboxylic acids is 1. The average Bonchev–Trinajstić information content (AvgIpc) is 3.48. The smallest absolute Gasteiger partial charge is 0.475 e. The number of hydrogen-bond acceptors (Lipinski definition) is 7. The highest BCUT2D eigenvalue weighted by Gasteiger charge is 2.44. The fourth-order valence-corrected chi connectivity index (χ4v) is 3.80. The fraction of sp³-hybridized carbons (Fsp3) is 0.455. The molecule has 0 spiro atoms. The van der Waals surface area contributed by atoms with Crippen LogP contribution in [0.25, 0.3) is 0 Å². The van der Waals surface area contributed by atoms with E-state index in [2.05, 4.69) is 15.2 Å². The molecule has 3 atom stereocenters. The van der Waals surface area contributed by atoms with Gasteiger partial charge in [0.1, 0.15) is 0 Å². The van der Waals surface area contributed by atoms with Crippen molar-refractivity contribution < 1.29 is 60.1 Å². The molecule has 0 unspecified atom stereocenters. The van der Waals surface area contributed by atoms with E-state index in [0.717, 1.165) is 31.9 Å². The molecule has 2 aliphatic rings. The molecular weight excluding hydrogens is 532 g/mol. The summed E-state index contributed by atoms with van der Waals surface area (Å²) in [4.78, 5) is 36.9. The zero-order valence-corrected chi connectivity index (χ0v) is 19.4. The van der Waals surface area contributed by atoms with Gasteiger partial charge in [0, 0.05) is 31.4 Å². The Balaban J connectivity index is 0.000000301. The number of ether oxygens (including phenoxy) is 1. The van der Waals surface area contributed by atoms with Gasteiger partial charge in [-0.3, -0.25) is 14.7 Å². The minimum Gasteiger partial charge on any atom is -0.475 e. The van der Waals surface area contributed by atoms with Crippen molar-refractivity contribution in [3.05, 3.63) is 48.7 Å². The van der Waals surface area contributed by atoms with Crippen LogP contribution in [-0.4, -0.2) is 76.6 Å². The molecule has 2 fully saturated rings. The number of furan rings is 1. The summed E-state index contributed by atoms with van der Waals surface area (Å²) in [6.45, 7) is 3.98. The lowest BCUT2D eigenvalue weighted by Gasteiger charge is -2.32. The first-order valence-corrected chi connectivity index (χ1v) is 10.8. The van der Waals surface area contributed by atoms with E-state index >= 15 is 0 Å². The van der Waals surface area contributed by atoms with Crippen molar-refractivity contribution in [3.63, 3.8) is 0 Å². The summed E-state index contributed by atoms with van der Waals surface area (Å²) in [5.74, 6) is -4.85. The van der Waals surface area contributed by atoms with Crippen molar-refractivity contribution in [2.75, 3.05) is 31.6 Å². The molecule has 0 radical (unpaired) electrons. The first kappa shape index (κ1) is 30.6. The van der Waals surface area contributed by atoms with Crippen molar-refractivity contribution in [3.8, 4) is 0 Å². The summed E-state index contributed by atoms with van der Waals surface area (Å²) in [5, 5.41) is 17.2. The number of fused-ring (bicyclic) bond motifs is 1. The van der Waals surface area contributed by atoms with Gasteiger partial charge in [-0.2, -0.15) is 26.3 Å². The Morgan fingerprint density at radius 3 is 2.16 bits per heavy atom. The van der Waals surface area contributed by atoms with Crippen LogP contribution >= 0.6 is 0 Å². The van der Waals surface area contributed by atoms with Crippen LogP contribution in [0, 0.1) is 17.8 Å². The Hall–Kier alpha value is -3.66. The van der Waals surface area contributed by atoms with Gasteiger partial charge in [0.2, 0.25) is 5.91 Å². The monoisotopic (exact) mass is 555 g/mol. The molecule has 0 saturated carbocycles. The Morgan fingerprint density at radius 1 is 1.03 bits per heavy atom. The van der Waals surface area contributed by atoms with E-state index in [1.54, 1.807) is 24.9 Å². The number of likely N-dealkylation sites (tertiary alicyclic amines) is 1. The van der Waals surface area contributed by atoms with E-state index in [9.17, 15) is 31.1 Å². The van der Waals surface area contributed by atoms with Gasteiger partial charge in [0.05, 0.1) is 43.5 Å². The second-order valence-electron chi connectivity index (χ2n) is 8.23. The standard InChI is InChI=1S/C18H21N3O3.2C2HF3O2/c22-18(20-15-2-1-4-19-6-15)17-12-24-11-14-8-21(9-16(14)17)7-13-3-5-23-10-13;2*3-2(4,5)1(6)7/h1-6,10,14,16-17H,7-9,11-12H2,(H,20,22);2*(H,6,7)/t14-,16-,17-;;/m1../s1. The van der Waals surface area contributed by atoms with E-state index in [1.165, 1.54) is 5.56 Å². The molecule has 2 aromatic rings. The summed E-state index contributed by atoms with van der Waals surface area (Å²) in [5.41, 5.74) is 1.91. The van der Waals surface area contributed by atoms with Crippen LogP contribution in [0.3, 0.4) is 0 Å². The first-order valence-electron chi connectivity index (χ1n) is 10.8. The van der Waals surface area contributed by atoms with Crippen LogP contribution in [-0.2, 0) is 25.7 Å². The molecule has 0 aliphatic carbocycles. The average molecular weight is 555 g/mol. The van der Waals surface area contributed by atoms with E-state index in [0.29, 0.717) is 18.4 Å². The molecule has 0 bridgehead atoms. The first-order chi connectivity index (χ1) is 17.7. The lowest BCUT2D eigenvalue weighted by Crippen LogP contribution is -2.41. The molecule has 10 nitrogen and oxygen atoms in total. The maximum absolute atomic E-state index is 12.7. The Morgan fingerprint density at radius 2 is 1.66 bits per heavy atom. The SMILES string of the molecule is O=C(Nc1cccnc1)[C@@H]1COC[C@H]2CN(Cc3ccoc3)C[C@H]21.O=C(O)C(F)(F)F.O=C(O)C(F)(F)F. The number of carbonyl (C=O) groups is 3. The third-order valence-electron chi connectivity index (χ3n) is 5.45. The summed E-state index contributed by atoms with van der Waals surface area (Å²) in [6, 6.07) is 5.66. The summed E-state index contributed by atoms with van der Waals surface area (Å²) in [6.07, 6.45) is -3.32. The maximum Gasteiger partial charge on any atom is 0.490 e. The molecule has 2 aliphatic heterocycles. The molecule has 1 amide bonds. The number of hydrogen-bond donors (Lipinski definition) is 3. The van der Waals surface area contributed by atoms with Crippen LogP contribution in [0.5, 0.6) is 0 Å². The fourth-order valence-electron chi connectivity index (χ4n) is 3.80. The maximum atomic E-state index is 12.7. The Bertz CT molecular complexity index is 1020. The number of carboxylic acids is 2. The number of pyridine rings is 1. The van der Waals surface area contributed by atoms with Crippen molar-refractivity contribution in [2.45, 2.75) is 18.9 Å². The minimum absolute atomic E-state index is 0.0304. The quantitative estimate of drug-likeness (QED) is 0.485. The van der Waals surface area contributed by atoms with Gasteiger partial charge in [-0.15, -0.1) is 0 Å². The highest BCUT2D eigenvalue weighted by atomic mass is 19.4. The molecule has 16 heteroatoms. The number of alkyl halides is 6. The number of aliphatic carboxylic acids is 2. The third kappa shape index (κ3) is 9.66. The lowest BCUT2D eigenvalue weighted by molar-refractivity contribution is -0.193. The van der Waals surface area contributed by atoms with E-state index in [-0.39, 0.29) is 11.8 Å². The number of rotatable bonds is 4. The van der Waals surface area contributed by atoms with Crippen LogP contribution in [0.4, 0.5) is 32.0 Å². The van der Waals surface area contributed by atoms with Crippen LogP contribution in [0.2, 0.25) is 0 Å². The van der Waals surface area contributed by atoms with Crippen molar-refractivity contribution in [2.24, 2.45) is 17.8 Å². The van der Waals surface area contributed by atoms with E-state index in [1.807, 2.05) is 18.2 Å². The number of halogens is 6. The second kappa shape index (κ2) is 13.2. The zero-order chi connectivity index (χ0) is 28.5. The van der Waals surface area contributed by atoms with Crippen LogP contribution in [0.1, 0.15) is 5.56 Å². The molecule has 4 rings (SSSR count). The number of anilines is 1. The molecule has 0 aromatic carbocycles. The number of amides is 1. The Labute approximate surface area is 211 Å². The van der Waals surface area contributed by atoms with Crippen LogP contribution < -0.4 is 5.32 Å². The third-order valence-corrected chi connectivity index (χ3v) is 5.45. The highest BCUT2D eigenvalue weighted by Crippen LogP contribution is 2.35. The van der Waals surface area contributed by atoms with Gasteiger partial charge in [-0.05, 0) is 30.0 Å². The molecular formula is C22H23F6N3O7. The largest absolute Gasteiger partial charge is 0.490 e. The predicted molar refractivity (Wildman–Crippen MR) is 116 cm³/mol. The van der Waals surface area contributed by atoms with Crippen molar-refractivity contribution in [1.29, 1.82) is 0 Å². The van der Waals surface area contributed by atoms with Gasteiger partial charge >= 0.3 is 24.3 Å². The predicted octanol–water partition coefficient (Wildman–Crippen LogP) is 3.27. The Kier molecular flexibility index (Phi) is 10.6. The summed E-state index contributed by atoms with van der Waals surface area (Å²) >= 11 is 0. The molecule has 2 saturated heterocycles. The number of nitrogens with one attached hydrogen (secondary N) is 1. The van der Waals surface area contributed by atoms with Gasteiger partial charge in [0.15, 0.2) is 0 Å². The van der Waals surface area contributed by atoms with Gasteiger partial charge in [-0.25, -0.2) is 9.59 Å². The van der Waals surface area contributed by atoms with Gasteiger partial charge in [0.25, 0.3) is 0 Å². The molecule has 3 N–H and O–H groups in total. The van der Waals surface area contributed by atoms with E-state index in [4.69, 9.17) is 29.0 Å².